The summed E-state index contributed by atoms with van der Waals surface area (Å²) < 4.78 is 1.95. The predicted octanol–water partition coefficient (Wildman–Crippen LogP) is 2.79. The number of aromatic amines is 1. The Labute approximate surface area is 181 Å². The summed E-state index contributed by atoms with van der Waals surface area (Å²) in [4.78, 5) is 18.6. The van der Waals surface area contributed by atoms with Crippen LogP contribution in [-0.4, -0.2) is 54.4 Å². The first kappa shape index (κ1) is 20.3. The first-order chi connectivity index (χ1) is 15.0. The van der Waals surface area contributed by atoms with Gasteiger partial charge in [-0.3, -0.25) is 9.69 Å². The van der Waals surface area contributed by atoms with Crippen molar-refractivity contribution in [2.75, 3.05) is 13.1 Å². The number of aliphatic hydroxyl groups excluding tert-OH is 1. The average Bonchev–Trinajstić information content (AvgIpc) is 3.43. The van der Waals surface area contributed by atoms with E-state index in [-0.39, 0.29) is 23.7 Å². The van der Waals surface area contributed by atoms with Gasteiger partial charge in [0, 0.05) is 24.2 Å². The van der Waals surface area contributed by atoms with Crippen LogP contribution in [0.2, 0.25) is 0 Å². The molecule has 2 aromatic heterocycles. The van der Waals surface area contributed by atoms with E-state index in [0.717, 1.165) is 35.1 Å². The first-order valence-electron chi connectivity index (χ1n) is 11.4. The van der Waals surface area contributed by atoms with E-state index in [9.17, 15) is 9.90 Å². The molecule has 1 aromatic carbocycles. The molecule has 3 aromatic rings. The molecule has 5 rings (SSSR count). The van der Waals surface area contributed by atoms with E-state index in [2.05, 4.69) is 45.3 Å². The molecule has 31 heavy (non-hydrogen) atoms. The van der Waals surface area contributed by atoms with Crippen molar-refractivity contribution in [1.82, 2.24) is 30.1 Å². The number of aromatic nitrogens is 5. The number of piperidine rings is 1. The number of likely N-dealkylation sites (tertiary alicyclic amines) is 1. The van der Waals surface area contributed by atoms with Gasteiger partial charge in [-0.05, 0) is 84.7 Å². The smallest absolute Gasteiger partial charge is 0.253 e. The summed E-state index contributed by atoms with van der Waals surface area (Å²) in [6, 6.07) is 6.11. The molecule has 1 saturated heterocycles. The second-order valence-corrected chi connectivity index (χ2v) is 9.17. The third kappa shape index (κ3) is 3.78. The van der Waals surface area contributed by atoms with Gasteiger partial charge in [0.15, 0.2) is 5.82 Å². The summed E-state index contributed by atoms with van der Waals surface area (Å²) in [6.07, 6.45) is 5.57. The van der Waals surface area contributed by atoms with Crippen molar-refractivity contribution in [3.63, 3.8) is 0 Å². The number of nitrogens with zero attached hydrogens (tertiary/aromatic N) is 5. The summed E-state index contributed by atoms with van der Waals surface area (Å²) >= 11 is 0. The number of hydrogen-bond donors (Lipinski definition) is 2. The zero-order chi connectivity index (χ0) is 21.5. The third-order valence-electron chi connectivity index (χ3n) is 7.08. The van der Waals surface area contributed by atoms with Gasteiger partial charge in [0.05, 0.1) is 12.1 Å². The van der Waals surface area contributed by atoms with E-state index >= 15 is 0 Å². The molecule has 8 heteroatoms. The fourth-order valence-corrected chi connectivity index (χ4v) is 5.13. The summed E-state index contributed by atoms with van der Waals surface area (Å²) in [7, 11) is 0. The highest BCUT2D eigenvalue weighted by molar-refractivity contribution is 5.81. The number of tetrazole rings is 1. The maximum atomic E-state index is 13.3. The summed E-state index contributed by atoms with van der Waals surface area (Å²) in [5, 5.41) is 23.8. The lowest BCUT2D eigenvalue weighted by molar-refractivity contribution is 0.0654. The van der Waals surface area contributed by atoms with E-state index in [4.69, 9.17) is 0 Å². The van der Waals surface area contributed by atoms with Crippen LogP contribution in [0.5, 0.6) is 0 Å². The lowest BCUT2D eigenvalue weighted by atomic mass is 9.98. The minimum Gasteiger partial charge on any atom is -0.393 e. The van der Waals surface area contributed by atoms with Crippen LogP contribution in [0.1, 0.15) is 73.1 Å². The topological polar surface area (TPSA) is 99.9 Å². The number of aryl methyl sites for hydroxylation is 2. The van der Waals surface area contributed by atoms with E-state index in [1.165, 1.54) is 18.4 Å². The van der Waals surface area contributed by atoms with Gasteiger partial charge in [0.2, 0.25) is 0 Å². The monoisotopic (exact) mass is 422 g/mol. The fourth-order valence-electron chi connectivity index (χ4n) is 5.13. The zero-order valence-corrected chi connectivity index (χ0v) is 18.2. The van der Waals surface area contributed by atoms with Gasteiger partial charge in [-0.2, -0.15) is 0 Å². The van der Waals surface area contributed by atoms with Crippen LogP contribution in [0.4, 0.5) is 0 Å². The molecule has 0 amide bonds. The highest BCUT2D eigenvalue weighted by Gasteiger charge is 2.34. The van der Waals surface area contributed by atoms with E-state index in [1.807, 2.05) is 16.8 Å². The highest BCUT2D eigenvalue weighted by atomic mass is 16.3. The van der Waals surface area contributed by atoms with Gasteiger partial charge < -0.3 is 10.1 Å². The molecule has 8 nitrogen and oxygen atoms in total. The van der Waals surface area contributed by atoms with Crippen molar-refractivity contribution in [3.05, 3.63) is 51.1 Å². The highest BCUT2D eigenvalue weighted by Crippen LogP contribution is 2.35. The van der Waals surface area contributed by atoms with Crippen molar-refractivity contribution < 1.29 is 5.11 Å². The number of H-pyrrole nitrogens is 1. The van der Waals surface area contributed by atoms with Crippen LogP contribution in [-0.2, 0) is 0 Å². The number of pyridine rings is 1. The molecule has 1 saturated carbocycles. The summed E-state index contributed by atoms with van der Waals surface area (Å²) in [5.41, 5.74) is 3.76. The van der Waals surface area contributed by atoms with E-state index in [1.54, 1.807) is 0 Å². The quantitative estimate of drug-likeness (QED) is 0.671. The molecular formula is C23H30N6O2. The van der Waals surface area contributed by atoms with E-state index in [0.29, 0.717) is 31.5 Å². The van der Waals surface area contributed by atoms with Crippen LogP contribution in [0, 0.1) is 13.8 Å². The number of aliphatic hydroxyl groups is 1. The minimum absolute atomic E-state index is 0.104. The Morgan fingerprint density at radius 3 is 2.52 bits per heavy atom. The molecule has 0 bridgehead atoms. The molecule has 164 valence electrons. The molecule has 0 radical (unpaired) electrons. The van der Waals surface area contributed by atoms with Gasteiger partial charge in [0.25, 0.3) is 5.56 Å². The minimum atomic E-state index is -0.335. The van der Waals surface area contributed by atoms with Gasteiger partial charge in [-0.25, -0.2) is 4.68 Å². The van der Waals surface area contributed by atoms with Crippen LogP contribution >= 0.6 is 0 Å². The Morgan fingerprint density at radius 2 is 1.77 bits per heavy atom. The maximum Gasteiger partial charge on any atom is 0.253 e. The van der Waals surface area contributed by atoms with Crippen LogP contribution in [0.3, 0.4) is 0 Å². The van der Waals surface area contributed by atoms with Crippen molar-refractivity contribution >= 4 is 10.9 Å². The molecular weight excluding hydrogens is 392 g/mol. The van der Waals surface area contributed by atoms with Gasteiger partial charge in [-0.1, -0.05) is 12.8 Å². The summed E-state index contributed by atoms with van der Waals surface area (Å²) in [6.45, 7) is 5.55. The molecule has 1 aliphatic heterocycles. The molecule has 2 fully saturated rings. The predicted molar refractivity (Wildman–Crippen MR) is 118 cm³/mol. The Morgan fingerprint density at radius 1 is 1.06 bits per heavy atom. The van der Waals surface area contributed by atoms with Crippen LogP contribution < -0.4 is 5.56 Å². The third-order valence-corrected chi connectivity index (χ3v) is 7.08. The molecule has 0 spiro atoms. The molecule has 0 unspecified atom stereocenters. The largest absolute Gasteiger partial charge is 0.393 e. The SMILES string of the molecule is Cc1cc2cc([C@@H](c3nnnn3C3CCCC3)N3CCC(O)CC3)c(=O)[nH]c2cc1C. The second-order valence-electron chi connectivity index (χ2n) is 9.17. The number of nitrogens with one attached hydrogen (secondary N) is 1. The Bertz CT molecular complexity index is 1140. The maximum absolute atomic E-state index is 13.3. The Kier molecular flexibility index (Phi) is 5.35. The number of fused-ring (bicyclic) bond motifs is 1. The number of benzene rings is 1. The zero-order valence-electron chi connectivity index (χ0n) is 18.2. The van der Waals surface area contributed by atoms with Gasteiger partial charge >= 0.3 is 0 Å². The number of hydrogen-bond acceptors (Lipinski definition) is 6. The lowest BCUT2D eigenvalue weighted by Gasteiger charge is -2.35. The molecule has 2 N–H and O–H groups in total. The average molecular weight is 423 g/mol. The molecule has 1 aliphatic carbocycles. The Balaban J connectivity index is 1.65. The lowest BCUT2D eigenvalue weighted by Crippen LogP contribution is -2.42. The second kappa shape index (κ2) is 8.16. The number of rotatable bonds is 4. The fraction of sp³-hybridized carbons (Fsp3) is 0.565. The molecule has 3 heterocycles. The Hall–Kier alpha value is -2.58. The standard InChI is InChI=1S/C23H30N6O2/c1-14-11-16-13-19(23(31)24-20(16)12-15(14)2)21(28-9-7-18(30)8-10-28)22-25-26-27-29(22)17-5-3-4-6-17/h11-13,17-18,21,30H,3-10H2,1-2H3,(H,24,31)/t21-/m0/s1. The van der Waals surface area contributed by atoms with Crippen molar-refractivity contribution in [1.29, 1.82) is 0 Å². The van der Waals surface area contributed by atoms with Gasteiger partial charge in [0.1, 0.15) is 6.04 Å². The summed E-state index contributed by atoms with van der Waals surface area (Å²) in [5.74, 6) is 0.733. The molecule has 1 atom stereocenters. The normalized spacial score (nSPS) is 20.0. The van der Waals surface area contributed by atoms with Crippen molar-refractivity contribution in [2.24, 2.45) is 0 Å². The van der Waals surface area contributed by atoms with Crippen LogP contribution in [0.15, 0.2) is 23.0 Å². The van der Waals surface area contributed by atoms with Crippen molar-refractivity contribution in [2.45, 2.75) is 70.6 Å². The first-order valence-corrected chi connectivity index (χ1v) is 11.4. The van der Waals surface area contributed by atoms with Crippen molar-refractivity contribution in [3.8, 4) is 0 Å². The van der Waals surface area contributed by atoms with E-state index < -0.39 is 0 Å². The molecule has 2 aliphatic rings. The van der Waals surface area contributed by atoms with Crippen LogP contribution in [0.25, 0.3) is 10.9 Å². The van der Waals surface area contributed by atoms with Gasteiger partial charge in [-0.15, -0.1) is 5.10 Å².